The molecule has 1 aromatic carbocycles. The molecule has 0 aliphatic rings. The number of rotatable bonds is 1. The van der Waals surface area contributed by atoms with Crippen molar-refractivity contribution in [2.45, 2.75) is 0 Å². The maximum absolute atomic E-state index is 9.89. The van der Waals surface area contributed by atoms with Gasteiger partial charge in [-0.15, -0.1) is 0 Å². The molecule has 19 heavy (non-hydrogen) atoms. The Morgan fingerprint density at radius 2 is 1.84 bits per heavy atom. The van der Waals surface area contributed by atoms with E-state index in [1.54, 1.807) is 18.2 Å². The monoisotopic (exact) mass is 314 g/mol. The lowest BCUT2D eigenvalue weighted by atomic mass is 10.1. The van der Waals surface area contributed by atoms with Crippen LogP contribution in [-0.2, 0) is 0 Å². The summed E-state index contributed by atoms with van der Waals surface area (Å²) in [4.78, 5) is 8.14. The summed E-state index contributed by atoms with van der Waals surface area (Å²) in [5, 5.41) is 10.6. The molecule has 7 heteroatoms. The Labute approximate surface area is 122 Å². The van der Waals surface area contributed by atoms with E-state index in [9.17, 15) is 5.11 Å². The Hall–Kier alpha value is -1.49. The van der Waals surface area contributed by atoms with E-state index in [0.29, 0.717) is 32.5 Å². The first kappa shape index (κ1) is 12.5. The van der Waals surface area contributed by atoms with Gasteiger partial charge in [0.15, 0.2) is 5.58 Å². The Kier molecular flexibility index (Phi) is 3.01. The summed E-state index contributed by atoms with van der Waals surface area (Å²) >= 11 is 17.6. The van der Waals surface area contributed by atoms with Crippen LogP contribution in [0, 0.1) is 0 Å². The first-order valence-electron chi connectivity index (χ1n) is 5.16. The molecule has 3 aromatic rings. The van der Waals surface area contributed by atoms with E-state index >= 15 is 0 Å². The van der Waals surface area contributed by atoms with Crippen molar-refractivity contribution in [3.63, 3.8) is 0 Å². The number of pyridine rings is 1. The maximum atomic E-state index is 9.89. The van der Waals surface area contributed by atoms with Crippen molar-refractivity contribution < 1.29 is 9.52 Å². The van der Waals surface area contributed by atoms with Crippen LogP contribution in [0.5, 0.6) is 5.75 Å². The number of halogens is 3. The Morgan fingerprint density at radius 3 is 2.58 bits per heavy atom. The number of hydrogen-bond acceptors (Lipinski definition) is 4. The average molecular weight is 316 g/mol. The molecule has 2 heterocycles. The van der Waals surface area contributed by atoms with E-state index < -0.39 is 0 Å². The summed E-state index contributed by atoms with van der Waals surface area (Å²) in [7, 11) is 0. The van der Waals surface area contributed by atoms with Crippen LogP contribution in [0.3, 0.4) is 0 Å². The summed E-state index contributed by atoms with van der Waals surface area (Å²) in [6.07, 6.45) is 0. The molecule has 0 saturated heterocycles. The molecule has 0 saturated carbocycles. The van der Waals surface area contributed by atoms with Gasteiger partial charge in [0.25, 0.3) is 5.35 Å². The lowest BCUT2D eigenvalue weighted by Crippen LogP contribution is -1.87. The smallest absolute Gasteiger partial charge is 0.294 e. The van der Waals surface area contributed by atoms with Crippen molar-refractivity contribution in [2.24, 2.45) is 0 Å². The molecule has 0 bridgehead atoms. The van der Waals surface area contributed by atoms with Gasteiger partial charge in [-0.05, 0) is 29.8 Å². The van der Waals surface area contributed by atoms with E-state index in [-0.39, 0.29) is 11.1 Å². The molecule has 3 rings (SSSR count). The molecule has 0 radical (unpaired) electrons. The predicted molar refractivity (Wildman–Crippen MR) is 73.9 cm³/mol. The third-order valence-corrected chi connectivity index (χ3v) is 3.21. The number of oxazole rings is 1. The van der Waals surface area contributed by atoms with Gasteiger partial charge in [-0.3, -0.25) is 0 Å². The van der Waals surface area contributed by atoms with E-state index in [1.165, 1.54) is 6.07 Å². The Bertz CT molecular complexity index is 786. The first-order chi connectivity index (χ1) is 9.04. The molecule has 2 aromatic heterocycles. The summed E-state index contributed by atoms with van der Waals surface area (Å²) < 4.78 is 5.11. The molecular formula is C12H5Cl3N2O2. The zero-order valence-corrected chi connectivity index (χ0v) is 11.5. The summed E-state index contributed by atoms with van der Waals surface area (Å²) in [6, 6.07) is 6.22. The minimum Gasteiger partial charge on any atom is -0.507 e. The average Bonchev–Trinajstić information content (AvgIpc) is 2.68. The van der Waals surface area contributed by atoms with E-state index in [4.69, 9.17) is 39.2 Å². The molecule has 0 atom stereocenters. The number of fused-ring (bicyclic) bond motifs is 1. The minimum absolute atomic E-state index is 0.0176. The van der Waals surface area contributed by atoms with Gasteiger partial charge in [-0.1, -0.05) is 23.2 Å². The third kappa shape index (κ3) is 2.23. The van der Waals surface area contributed by atoms with E-state index in [0.717, 1.165) is 0 Å². The summed E-state index contributed by atoms with van der Waals surface area (Å²) in [5.74, 6) is -0.0177. The van der Waals surface area contributed by atoms with Gasteiger partial charge in [0.2, 0.25) is 5.65 Å². The van der Waals surface area contributed by atoms with Gasteiger partial charge in [0.05, 0.1) is 10.7 Å². The molecule has 0 spiro atoms. The second-order valence-electron chi connectivity index (χ2n) is 3.77. The van der Waals surface area contributed by atoms with Crippen molar-refractivity contribution in [1.29, 1.82) is 0 Å². The summed E-state index contributed by atoms with van der Waals surface area (Å²) in [6.45, 7) is 0. The fourth-order valence-corrected chi connectivity index (χ4v) is 2.28. The number of phenols is 1. The molecule has 1 N–H and O–H groups in total. The van der Waals surface area contributed by atoms with Gasteiger partial charge in [0.1, 0.15) is 5.75 Å². The largest absolute Gasteiger partial charge is 0.507 e. The highest BCUT2D eigenvalue weighted by molar-refractivity contribution is 6.34. The molecule has 4 nitrogen and oxygen atoms in total. The topological polar surface area (TPSA) is 59.2 Å². The quantitative estimate of drug-likeness (QED) is 0.715. The van der Waals surface area contributed by atoms with Crippen molar-refractivity contribution in [2.75, 3.05) is 0 Å². The van der Waals surface area contributed by atoms with Crippen molar-refractivity contribution in [3.8, 4) is 17.0 Å². The van der Waals surface area contributed by atoms with Crippen LogP contribution >= 0.6 is 34.8 Å². The standard InChI is InChI=1S/C12H5Cl3N2O2/c13-5-1-2-6(8(18)3-5)10-7(14)4-9-11(16-10)17-12(15)19-9/h1-4,18H. The number of aromatic nitrogens is 2. The second kappa shape index (κ2) is 4.56. The van der Waals surface area contributed by atoms with E-state index in [2.05, 4.69) is 9.97 Å². The summed E-state index contributed by atoms with van der Waals surface area (Å²) in [5.41, 5.74) is 1.54. The highest BCUT2D eigenvalue weighted by atomic mass is 35.5. The SMILES string of the molecule is Oc1cc(Cl)ccc1-c1nc2nc(Cl)oc2cc1Cl. The fourth-order valence-electron chi connectivity index (χ4n) is 1.71. The lowest BCUT2D eigenvalue weighted by molar-refractivity contribution is 0.477. The van der Waals surface area contributed by atoms with Crippen molar-refractivity contribution >= 4 is 46.0 Å². The molecule has 0 fully saturated rings. The van der Waals surface area contributed by atoms with Crippen LogP contribution in [0.15, 0.2) is 28.7 Å². The molecular weight excluding hydrogens is 311 g/mol. The van der Waals surface area contributed by atoms with Gasteiger partial charge >= 0.3 is 0 Å². The molecule has 0 aliphatic carbocycles. The number of phenolic OH excluding ortho intramolecular Hbond substituents is 1. The molecule has 96 valence electrons. The maximum Gasteiger partial charge on any atom is 0.294 e. The van der Waals surface area contributed by atoms with Crippen LogP contribution in [0.2, 0.25) is 15.4 Å². The fraction of sp³-hybridized carbons (Fsp3) is 0. The number of aromatic hydroxyl groups is 1. The van der Waals surface area contributed by atoms with Crippen LogP contribution in [-0.4, -0.2) is 15.1 Å². The first-order valence-corrected chi connectivity index (χ1v) is 6.29. The zero-order valence-electron chi connectivity index (χ0n) is 9.19. The highest BCUT2D eigenvalue weighted by Crippen LogP contribution is 2.36. The predicted octanol–water partition coefficient (Wildman–Crippen LogP) is 4.56. The molecule has 0 amide bonds. The van der Waals surface area contributed by atoms with Crippen molar-refractivity contribution in [3.05, 3.63) is 39.7 Å². The normalized spacial score (nSPS) is 11.1. The minimum atomic E-state index is -0.0177. The third-order valence-electron chi connectivity index (χ3n) is 2.53. The van der Waals surface area contributed by atoms with Gasteiger partial charge in [0, 0.05) is 16.7 Å². The van der Waals surface area contributed by atoms with E-state index in [1.807, 2.05) is 0 Å². The van der Waals surface area contributed by atoms with Gasteiger partial charge in [-0.25, -0.2) is 4.98 Å². The van der Waals surface area contributed by atoms with Crippen LogP contribution in [0.1, 0.15) is 0 Å². The lowest BCUT2D eigenvalue weighted by Gasteiger charge is -2.06. The number of hydrogen-bond donors (Lipinski definition) is 1. The molecule has 0 aliphatic heterocycles. The number of benzene rings is 1. The number of nitrogens with zero attached hydrogens (tertiary/aromatic N) is 2. The zero-order chi connectivity index (χ0) is 13.6. The second-order valence-corrected chi connectivity index (χ2v) is 4.94. The van der Waals surface area contributed by atoms with Gasteiger partial charge in [-0.2, -0.15) is 4.98 Å². The van der Waals surface area contributed by atoms with Crippen LogP contribution < -0.4 is 0 Å². The van der Waals surface area contributed by atoms with Crippen LogP contribution in [0.4, 0.5) is 0 Å². The molecule has 0 unspecified atom stereocenters. The Balaban J connectivity index is 2.26. The highest BCUT2D eigenvalue weighted by Gasteiger charge is 2.15. The van der Waals surface area contributed by atoms with Crippen LogP contribution in [0.25, 0.3) is 22.5 Å². The van der Waals surface area contributed by atoms with Crippen molar-refractivity contribution in [1.82, 2.24) is 9.97 Å². The van der Waals surface area contributed by atoms with Gasteiger partial charge < -0.3 is 9.52 Å². The Morgan fingerprint density at radius 1 is 1.05 bits per heavy atom.